The first-order valence-electron chi connectivity index (χ1n) is 10.00. The van der Waals surface area contributed by atoms with E-state index in [1.54, 1.807) is 12.1 Å². The Balaban J connectivity index is 1.97. The van der Waals surface area contributed by atoms with Crippen LogP contribution < -0.4 is 17.2 Å². The summed E-state index contributed by atoms with van der Waals surface area (Å²) in [6, 6.07) is 14.9. The highest BCUT2D eigenvalue weighted by molar-refractivity contribution is 6.39. The number of rotatable bonds is 7. The van der Waals surface area contributed by atoms with Crippen LogP contribution in [0.15, 0.2) is 70.2 Å². The molecule has 0 aromatic heterocycles. The molecule has 1 aliphatic heterocycles. The third-order valence-electron chi connectivity index (χ3n) is 5.12. The van der Waals surface area contributed by atoms with E-state index in [4.69, 9.17) is 28.8 Å². The van der Waals surface area contributed by atoms with E-state index >= 15 is 0 Å². The van der Waals surface area contributed by atoms with Gasteiger partial charge in [0.05, 0.1) is 28.5 Å². The van der Waals surface area contributed by atoms with E-state index in [1.165, 1.54) is 12.1 Å². The van der Waals surface area contributed by atoms with Crippen LogP contribution in [0.1, 0.15) is 17.5 Å². The van der Waals surface area contributed by atoms with Gasteiger partial charge in [0.15, 0.2) is 0 Å². The summed E-state index contributed by atoms with van der Waals surface area (Å²) in [4.78, 5) is 6.39. The number of alkyl halides is 1. The standard InChI is InChI=1S/C23H26ClF2N5/c24-20(22(28)15-5-2-1-3-6-15)19(21(27)16-7-4-8-17(25)13-16)23(29)30-10-12-31-11-9-18(26)14-31/h1-8,13,18H,9-12,14,27-28H2,(H2,29,30)/b21-19?,22-20+. The molecule has 1 aliphatic rings. The maximum atomic E-state index is 13.8. The second-order valence-corrected chi connectivity index (χ2v) is 7.72. The molecule has 0 aliphatic carbocycles. The van der Waals surface area contributed by atoms with E-state index in [1.807, 2.05) is 35.2 Å². The molecule has 0 spiro atoms. The fourth-order valence-corrected chi connectivity index (χ4v) is 3.74. The van der Waals surface area contributed by atoms with Crippen LogP contribution in [0.3, 0.4) is 0 Å². The smallest absolute Gasteiger partial charge is 0.129 e. The first-order chi connectivity index (χ1) is 14.9. The van der Waals surface area contributed by atoms with E-state index in [2.05, 4.69) is 4.99 Å². The van der Waals surface area contributed by atoms with Crippen LogP contribution >= 0.6 is 11.6 Å². The lowest BCUT2D eigenvalue weighted by molar-refractivity contribution is 0.293. The van der Waals surface area contributed by atoms with Gasteiger partial charge in [0.1, 0.15) is 17.8 Å². The molecule has 2 aromatic rings. The number of nitrogens with zero attached hydrogens (tertiary/aromatic N) is 2. The van der Waals surface area contributed by atoms with Crippen molar-refractivity contribution in [2.45, 2.75) is 12.6 Å². The second kappa shape index (κ2) is 10.4. The molecule has 0 bridgehead atoms. The summed E-state index contributed by atoms with van der Waals surface area (Å²) in [6.45, 7) is 1.98. The number of halogens is 3. The van der Waals surface area contributed by atoms with Crippen molar-refractivity contribution in [1.82, 2.24) is 4.90 Å². The Labute approximate surface area is 185 Å². The number of hydrogen-bond donors (Lipinski definition) is 3. The molecule has 1 unspecified atom stereocenters. The van der Waals surface area contributed by atoms with Gasteiger partial charge in [-0.3, -0.25) is 9.89 Å². The van der Waals surface area contributed by atoms with Gasteiger partial charge in [0, 0.05) is 25.2 Å². The van der Waals surface area contributed by atoms with Crippen LogP contribution in [0.5, 0.6) is 0 Å². The van der Waals surface area contributed by atoms with Crippen molar-refractivity contribution in [3.8, 4) is 0 Å². The number of amidine groups is 1. The molecular formula is C23H26ClF2N5. The monoisotopic (exact) mass is 445 g/mol. The van der Waals surface area contributed by atoms with E-state index in [0.717, 1.165) is 0 Å². The molecule has 6 N–H and O–H groups in total. The van der Waals surface area contributed by atoms with Crippen molar-refractivity contribution < 1.29 is 8.78 Å². The third kappa shape index (κ3) is 5.83. The van der Waals surface area contributed by atoms with Crippen molar-refractivity contribution >= 4 is 28.8 Å². The van der Waals surface area contributed by atoms with Gasteiger partial charge in [-0.15, -0.1) is 0 Å². The number of likely N-dealkylation sites (tertiary alicyclic amines) is 1. The van der Waals surface area contributed by atoms with Gasteiger partial charge in [-0.1, -0.05) is 54.1 Å². The molecular weight excluding hydrogens is 420 g/mol. The van der Waals surface area contributed by atoms with Crippen LogP contribution in [-0.4, -0.2) is 43.1 Å². The van der Waals surface area contributed by atoms with Crippen molar-refractivity contribution in [2.75, 3.05) is 26.2 Å². The second-order valence-electron chi connectivity index (χ2n) is 7.35. The van der Waals surface area contributed by atoms with Crippen LogP contribution in [0, 0.1) is 5.82 Å². The van der Waals surface area contributed by atoms with Gasteiger partial charge in [-0.25, -0.2) is 8.78 Å². The first-order valence-corrected chi connectivity index (χ1v) is 10.4. The summed E-state index contributed by atoms with van der Waals surface area (Å²) in [6.07, 6.45) is -0.276. The number of hydrogen-bond acceptors (Lipinski definition) is 4. The van der Waals surface area contributed by atoms with Crippen LogP contribution in [0.25, 0.3) is 11.4 Å². The van der Waals surface area contributed by atoms with Crippen molar-refractivity contribution in [3.05, 3.63) is 82.1 Å². The normalized spacial score (nSPS) is 19.2. The maximum absolute atomic E-state index is 13.8. The Bertz CT molecular complexity index is 1000. The van der Waals surface area contributed by atoms with E-state index in [-0.39, 0.29) is 27.8 Å². The largest absolute Gasteiger partial charge is 0.398 e. The zero-order valence-corrected chi connectivity index (χ0v) is 17.8. The number of nitrogens with two attached hydrogens (primary N) is 3. The first kappa shape index (κ1) is 22.8. The highest BCUT2D eigenvalue weighted by Crippen LogP contribution is 2.28. The Morgan fingerprint density at radius 3 is 2.39 bits per heavy atom. The summed E-state index contributed by atoms with van der Waals surface area (Å²) in [7, 11) is 0. The van der Waals surface area contributed by atoms with Crippen LogP contribution in [0.4, 0.5) is 8.78 Å². The SMILES string of the molecule is NC(=NCCN1CCC(F)C1)C(=C(N)c1cccc(F)c1)/C(Cl)=C(\N)c1ccccc1. The van der Waals surface area contributed by atoms with E-state index in [0.29, 0.717) is 43.7 Å². The van der Waals surface area contributed by atoms with Gasteiger partial charge in [0.25, 0.3) is 0 Å². The predicted octanol–water partition coefficient (Wildman–Crippen LogP) is 3.46. The lowest BCUT2D eigenvalue weighted by Crippen LogP contribution is -2.26. The van der Waals surface area contributed by atoms with Gasteiger partial charge in [0.2, 0.25) is 0 Å². The summed E-state index contributed by atoms with van der Waals surface area (Å²) >= 11 is 6.64. The summed E-state index contributed by atoms with van der Waals surface area (Å²) in [5.41, 5.74) is 20.7. The molecule has 5 nitrogen and oxygen atoms in total. The molecule has 8 heteroatoms. The number of aliphatic imine (C=N–C) groups is 1. The minimum atomic E-state index is -0.802. The quantitative estimate of drug-likeness (QED) is 0.345. The minimum absolute atomic E-state index is 0.0848. The molecule has 1 atom stereocenters. The molecule has 2 aromatic carbocycles. The molecule has 0 radical (unpaired) electrons. The zero-order chi connectivity index (χ0) is 22.4. The Hall–Kier alpha value is -2.90. The summed E-state index contributed by atoms with van der Waals surface area (Å²) in [5.74, 6) is -0.358. The van der Waals surface area contributed by atoms with Crippen LogP contribution in [-0.2, 0) is 0 Å². The summed E-state index contributed by atoms with van der Waals surface area (Å²) < 4.78 is 27.2. The highest BCUT2D eigenvalue weighted by Gasteiger charge is 2.22. The van der Waals surface area contributed by atoms with Gasteiger partial charge >= 0.3 is 0 Å². The van der Waals surface area contributed by atoms with Gasteiger partial charge < -0.3 is 17.2 Å². The topological polar surface area (TPSA) is 93.7 Å². The fourth-order valence-electron chi connectivity index (χ4n) is 3.43. The molecule has 164 valence electrons. The molecule has 0 amide bonds. The third-order valence-corrected chi connectivity index (χ3v) is 5.51. The molecule has 31 heavy (non-hydrogen) atoms. The average molecular weight is 446 g/mol. The van der Waals surface area contributed by atoms with Crippen molar-refractivity contribution in [3.63, 3.8) is 0 Å². The van der Waals surface area contributed by atoms with Gasteiger partial charge in [-0.2, -0.15) is 0 Å². The maximum Gasteiger partial charge on any atom is 0.129 e. The highest BCUT2D eigenvalue weighted by atomic mass is 35.5. The minimum Gasteiger partial charge on any atom is -0.398 e. The lowest BCUT2D eigenvalue weighted by atomic mass is 10.0. The molecule has 1 heterocycles. The molecule has 0 saturated carbocycles. The van der Waals surface area contributed by atoms with Crippen molar-refractivity contribution in [2.24, 2.45) is 22.2 Å². The van der Waals surface area contributed by atoms with E-state index < -0.39 is 12.0 Å². The Morgan fingerprint density at radius 2 is 1.74 bits per heavy atom. The number of benzene rings is 2. The van der Waals surface area contributed by atoms with Crippen LogP contribution in [0.2, 0.25) is 0 Å². The molecule has 3 rings (SSSR count). The Morgan fingerprint density at radius 1 is 1.03 bits per heavy atom. The average Bonchev–Trinajstić information content (AvgIpc) is 3.18. The fraction of sp³-hybridized carbons (Fsp3) is 0.261. The molecule has 1 fully saturated rings. The lowest BCUT2D eigenvalue weighted by Gasteiger charge is -2.16. The zero-order valence-electron chi connectivity index (χ0n) is 17.1. The van der Waals surface area contributed by atoms with Crippen molar-refractivity contribution in [1.29, 1.82) is 0 Å². The Kier molecular flexibility index (Phi) is 7.65. The molecule has 1 saturated heterocycles. The summed E-state index contributed by atoms with van der Waals surface area (Å²) in [5, 5.41) is 0.124. The predicted molar refractivity (Wildman–Crippen MR) is 123 cm³/mol. The van der Waals surface area contributed by atoms with E-state index in [9.17, 15) is 8.78 Å². The van der Waals surface area contributed by atoms with Gasteiger partial charge in [-0.05, 0) is 24.1 Å².